The number of rotatable bonds is 6. The molecule has 1 heterocycles. The van der Waals surface area contributed by atoms with E-state index in [0.717, 1.165) is 54.6 Å². The topological polar surface area (TPSA) is 66.5 Å². The summed E-state index contributed by atoms with van der Waals surface area (Å²) in [5.41, 5.74) is 3.76. The maximum absolute atomic E-state index is 12.6. The summed E-state index contributed by atoms with van der Waals surface area (Å²) in [6.07, 6.45) is 2.60. The van der Waals surface area contributed by atoms with Crippen LogP contribution in [0.4, 0.5) is 0 Å². The van der Waals surface area contributed by atoms with E-state index in [2.05, 4.69) is 4.72 Å². The van der Waals surface area contributed by atoms with Gasteiger partial charge in [-0.05, 0) is 81.3 Å². The van der Waals surface area contributed by atoms with Crippen LogP contribution in [0.1, 0.15) is 46.3 Å². The highest BCUT2D eigenvalue weighted by molar-refractivity contribution is 7.89. The Kier molecular flexibility index (Phi) is 6.75. The number of benzene rings is 2. The van der Waals surface area contributed by atoms with Crippen LogP contribution in [0.15, 0.2) is 47.4 Å². The molecule has 1 aliphatic rings. The largest absolute Gasteiger partial charge is 0.339 e. The summed E-state index contributed by atoms with van der Waals surface area (Å²) in [6, 6.07) is 13.0. The van der Waals surface area contributed by atoms with Crippen molar-refractivity contribution in [2.45, 2.75) is 44.9 Å². The second-order valence-electron chi connectivity index (χ2n) is 8.11. The molecule has 1 N–H and O–H groups in total. The van der Waals surface area contributed by atoms with Crippen molar-refractivity contribution in [1.29, 1.82) is 0 Å². The molecule has 1 fully saturated rings. The molecule has 0 unspecified atom stereocenters. The average Bonchev–Trinajstić information content (AvgIpc) is 2.68. The molecule has 1 amide bonds. The van der Waals surface area contributed by atoms with Crippen molar-refractivity contribution in [2.24, 2.45) is 5.92 Å². The first-order valence-electron chi connectivity index (χ1n) is 10.2. The zero-order valence-corrected chi connectivity index (χ0v) is 18.3. The minimum atomic E-state index is -3.48. The van der Waals surface area contributed by atoms with Gasteiger partial charge in [0.25, 0.3) is 5.91 Å². The smallest absolute Gasteiger partial charge is 0.253 e. The Bertz CT molecular complexity index is 940. The fraction of sp³-hybridized carbons (Fsp3) is 0.435. The van der Waals surface area contributed by atoms with E-state index in [1.807, 2.05) is 56.0 Å². The Balaban J connectivity index is 1.47. The van der Waals surface area contributed by atoms with Crippen molar-refractivity contribution in [3.8, 4) is 0 Å². The lowest BCUT2D eigenvalue weighted by atomic mass is 9.93. The third-order valence-electron chi connectivity index (χ3n) is 5.55. The van der Waals surface area contributed by atoms with E-state index in [1.165, 1.54) is 0 Å². The van der Waals surface area contributed by atoms with E-state index in [0.29, 0.717) is 17.4 Å². The number of nitrogens with zero attached hydrogens (tertiary/aromatic N) is 1. The first-order chi connectivity index (χ1) is 13.7. The van der Waals surface area contributed by atoms with Gasteiger partial charge in [0.2, 0.25) is 10.0 Å². The molecule has 29 heavy (non-hydrogen) atoms. The SMILES string of the molecule is Cc1ccc(C(=O)N2CCC(CCNS(=O)(=O)c3cc(C)cc(C)c3)CC2)cc1. The van der Waals surface area contributed by atoms with Crippen molar-refractivity contribution in [1.82, 2.24) is 9.62 Å². The lowest BCUT2D eigenvalue weighted by Crippen LogP contribution is -2.39. The summed E-state index contributed by atoms with van der Waals surface area (Å²) in [6.45, 7) is 7.68. The lowest BCUT2D eigenvalue weighted by molar-refractivity contribution is 0.0687. The molecule has 5 nitrogen and oxygen atoms in total. The standard InChI is InChI=1S/C23H30N2O3S/c1-17-4-6-21(7-5-17)23(26)25-12-9-20(10-13-25)8-11-24-29(27,28)22-15-18(2)14-19(3)16-22/h4-7,14-16,20,24H,8-13H2,1-3H3. The molecule has 0 atom stereocenters. The Morgan fingerprint density at radius 2 is 1.55 bits per heavy atom. The van der Waals surface area contributed by atoms with Crippen molar-refractivity contribution < 1.29 is 13.2 Å². The maximum Gasteiger partial charge on any atom is 0.253 e. The fourth-order valence-electron chi connectivity index (χ4n) is 3.87. The second kappa shape index (κ2) is 9.09. The second-order valence-corrected chi connectivity index (χ2v) is 9.88. The summed E-state index contributed by atoms with van der Waals surface area (Å²) in [4.78, 5) is 14.8. The van der Waals surface area contributed by atoms with Crippen LogP contribution in [0.3, 0.4) is 0 Å². The van der Waals surface area contributed by atoms with Crippen LogP contribution >= 0.6 is 0 Å². The average molecular weight is 415 g/mol. The first kappa shape index (κ1) is 21.5. The van der Waals surface area contributed by atoms with Crippen LogP contribution in [-0.4, -0.2) is 38.9 Å². The molecular weight excluding hydrogens is 384 g/mol. The van der Waals surface area contributed by atoms with E-state index >= 15 is 0 Å². The quantitative estimate of drug-likeness (QED) is 0.781. The van der Waals surface area contributed by atoms with Gasteiger partial charge in [-0.1, -0.05) is 23.8 Å². The number of aryl methyl sites for hydroxylation is 3. The zero-order chi connectivity index (χ0) is 21.0. The predicted octanol–water partition coefficient (Wildman–Crippen LogP) is 3.83. The zero-order valence-electron chi connectivity index (χ0n) is 17.4. The summed E-state index contributed by atoms with van der Waals surface area (Å²) < 4.78 is 27.8. The predicted molar refractivity (Wildman–Crippen MR) is 116 cm³/mol. The molecule has 0 spiro atoms. The summed E-state index contributed by atoms with van der Waals surface area (Å²) in [5, 5.41) is 0. The van der Waals surface area contributed by atoms with Crippen molar-refractivity contribution in [2.75, 3.05) is 19.6 Å². The molecule has 2 aromatic carbocycles. The molecule has 0 aromatic heterocycles. The lowest BCUT2D eigenvalue weighted by Gasteiger charge is -2.32. The van der Waals surface area contributed by atoms with E-state index in [-0.39, 0.29) is 5.91 Å². The van der Waals surface area contributed by atoms with Crippen LogP contribution < -0.4 is 4.72 Å². The minimum Gasteiger partial charge on any atom is -0.339 e. The third kappa shape index (κ3) is 5.67. The van der Waals surface area contributed by atoms with Gasteiger partial charge in [-0.3, -0.25) is 4.79 Å². The molecule has 156 valence electrons. The van der Waals surface area contributed by atoms with Crippen molar-refractivity contribution in [3.63, 3.8) is 0 Å². The van der Waals surface area contributed by atoms with Gasteiger partial charge in [-0.25, -0.2) is 13.1 Å². The first-order valence-corrected chi connectivity index (χ1v) is 11.7. The molecule has 6 heteroatoms. The summed E-state index contributed by atoms with van der Waals surface area (Å²) in [7, 11) is -3.48. The van der Waals surface area contributed by atoms with E-state index in [9.17, 15) is 13.2 Å². The van der Waals surface area contributed by atoms with Crippen LogP contribution in [0.25, 0.3) is 0 Å². The summed E-state index contributed by atoms with van der Waals surface area (Å²) >= 11 is 0. The molecule has 2 aromatic rings. The Labute approximate surface area is 174 Å². The molecule has 0 saturated carbocycles. The highest BCUT2D eigenvalue weighted by Crippen LogP contribution is 2.22. The van der Waals surface area contributed by atoms with Gasteiger partial charge in [0.1, 0.15) is 0 Å². The Morgan fingerprint density at radius 1 is 0.966 bits per heavy atom. The molecule has 0 bridgehead atoms. The van der Waals surface area contributed by atoms with E-state index in [1.54, 1.807) is 12.1 Å². The van der Waals surface area contributed by atoms with Gasteiger partial charge in [-0.15, -0.1) is 0 Å². The number of hydrogen-bond donors (Lipinski definition) is 1. The third-order valence-corrected chi connectivity index (χ3v) is 6.99. The van der Waals surface area contributed by atoms with Crippen LogP contribution in [0.5, 0.6) is 0 Å². The maximum atomic E-state index is 12.6. The molecule has 1 saturated heterocycles. The van der Waals surface area contributed by atoms with Gasteiger partial charge in [-0.2, -0.15) is 0 Å². The number of hydrogen-bond acceptors (Lipinski definition) is 3. The van der Waals surface area contributed by atoms with Crippen molar-refractivity contribution in [3.05, 3.63) is 64.7 Å². The molecule has 3 rings (SSSR count). The molecular formula is C23H30N2O3S. The number of carbonyl (C=O) groups excluding carboxylic acids is 1. The molecule has 0 aliphatic carbocycles. The minimum absolute atomic E-state index is 0.0824. The fourth-order valence-corrected chi connectivity index (χ4v) is 5.11. The van der Waals surface area contributed by atoms with E-state index < -0.39 is 10.0 Å². The van der Waals surface area contributed by atoms with E-state index in [4.69, 9.17) is 0 Å². The van der Waals surface area contributed by atoms with Gasteiger partial charge in [0.05, 0.1) is 4.90 Å². The number of likely N-dealkylation sites (tertiary alicyclic amines) is 1. The van der Waals surface area contributed by atoms with Gasteiger partial charge >= 0.3 is 0 Å². The highest BCUT2D eigenvalue weighted by Gasteiger charge is 2.24. The number of carbonyl (C=O) groups is 1. The molecule has 0 radical (unpaired) electrons. The van der Waals surface area contributed by atoms with Crippen LogP contribution in [0.2, 0.25) is 0 Å². The number of nitrogens with one attached hydrogen (secondary N) is 1. The van der Waals surface area contributed by atoms with Gasteiger partial charge < -0.3 is 4.90 Å². The Morgan fingerprint density at radius 3 is 2.14 bits per heavy atom. The van der Waals surface area contributed by atoms with Crippen molar-refractivity contribution >= 4 is 15.9 Å². The van der Waals surface area contributed by atoms with Gasteiger partial charge in [0.15, 0.2) is 0 Å². The highest BCUT2D eigenvalue weighted by atomic mass is 32.2. The number of piperidine rings is 1. The number of sulfonamides is 1. The van der Waals surface area contributed by atoms with Crippen LogP contribution in [-0.2, 0) is 10.0 Å². The number of amides is 1. The Hall–Kier alpha value is -2.18. The molecule has 1 aliphatic heterocycles. The summed E-state index contributed by atoms with van der Waals surface area (Å²) in [5.74, 6) is 0.512. The van der Waals surface area contributed by atoms with Gasteiger partial charge in [0, 0.05) is 25.2 Å². The normalized spacial score (nSPS) is 15.5. The monoisotopic (exact) mass is 414 g/mol. The van der Waals surface area contributed by atoms with Crippen LogP contribution in [0, 0.1) is 26.7 Å².